The van der Waals surface area contributed by atoms with E-state index in [4.69, 9.17) is 4.74 Å². The number of alkyl carbamates (subject to hydrolysis) is 1. The van der Waals surface area contributed by atoms with Crippen LogP contribution in [0.15, 0.2) is 212 Å². The molecule has 0 heterocycles. The summed E-state index contributed by atoms with van der Waals surface area (Å²) in [6.45, 7) is -1.31. The van der Waals surface area contributed by atoms with Gasteiger partial charge >= 0.3 is 12.1 Å². The summed E-state index contributed by atoms with van der Waals surface area (Å²) in [4.78, 5) is 81.5. The summed E-state index contributed by atoms with van der Waals surface area (Å²) in [6, 6.07) is 63.5. The number of carbonyl (C=O) groups is 6. The van der Waals surface area contributed by atoms with Crippen LogP contribution in [0.4, 0.5) is 4.79 Å². The Bertz CT molecular complexity index is 2760. The molecule has 0 saturated carbocycles. The van der Waals surface area contributed by atoms with E-state index < -0.39 is 71.7 Å². The number of aliphatic carboxylic acids is 1. The third-order valence-corrected chi connectivity index (χ3v) is 14.9. The Hall–Kier alpha value is -8.14. The minimum Gasteiger partial charge on any atom is -0.480 e. The summed E-state index contributed by atoms with van der Waals surface area (Å²) in [5, 5.41) is 22.3. The lowest BCUT2D eigenvalue weighted by atomic mass is 9.84. The van der Waals surface area contributed by atoms with Gasteiger partial charge in [-0.2, -0.15) is 0 Å². The second-order valence-corrected chi connectivity index (χ2v) is 19.5. The molecular weight excluding hydrogens is 971 g/mol. The van der Waals surface area contributed by atoms with E-state index in [0.29, 0.717) is 5.56 Å². The molecule has 7 rings (SSSR count). The molecule has 7 aromatic rings. The second kappa shape index (κ2) is 27.6. The van der Waals surface area contributed by atoms with Crippen molar-refractivity contribution in [3.63, 3.8) is 0 Å². The number of carbonyl (C=O) groups excluding carboxylic acids is 5. The lowest BCUT2D eigenvalue weighted by Gasteiger charge is -2.36. The van der Waals surface area contributed by atoms with Crippen molar-refractivity contribution < 1.29 is 38.6 Å². The molecule has 378 valence electrons. The molecule has 74 heavy (non-hydrogen) atoms. The molecule has 0 unspecified atom stereocenters. The standard InChI is InChI=1S/C59H57N5O8S2/c65-52(62-49(55(68)61-38-53(66)67)36-42-22-8-1-9-23-42)37-60-56(69)50(40-73-54(44-26-12-3-13-27-44)45-28-14-4-15-29-45)63-57(70)51(64-58(71)72-39-43-24-10-2-11-25-43)41-74-59(46-30-16-5-17-31-46,47-32-18-6-19-33-47)48-34-20-7-21-35-48/h1-35,49-51,54H,36-41H2,(H,60,69)(H,61,68)(H,62,65)(H,63,70)(H,64,71)(H,66,67)/t49-,50-,51-/m0/s1. The molecule has 0 saturated heterocycles. The molecule has 0 fully saturated rings. The van der Waals surface area contributed by atoms with E-state index in [1.165, 1.54) is 23.5 Å². The highest BCUT2D eigenvalue weighted by Crippen LogP contribution is 2.48. The van der Waals surface area contributed by atoms with Gasteiger partial charge in [0.25, 0.3) is 0 Å². The van der Waals surface area contributed by atoms with Gasteiger partial charge in [0.15, 0.2) is 0 Å². The van der Waals surface area contributed by atoms with E-state index in [1.807, 2.05) is 182 Å². The van der Waals surface area contributed by atoms with Crippen LogP contribution in [0.5, 0.6) is 0 Å². The number of hydrogen-bond acceptors (Lipinski definition) is 9. The summed E-state index contributed by atoms with van der Waals surface area (Å²) in [7, 11) is 0. The molecule has 7 aromatic carbocycles. The van der Waals surface area contributed by atoms with Gasteiger partial charge in [-0.1, -0.05) is 212 Å². The first-order chi connectivity index (χ1) is 36.1. The highest BCUT2D eigenvalue weighted by molar-refractivity contribution is 8.00. The van der Waals surface area contributed by atoms with Crippen molar-refractivity contribution in [2.75, 3.05) is 24.6 Å². The van der Waals surface area contributed by atoms with Gasteiger partial charge in [-0.15, -0.1) is 23.5 Å². The molecule has 0 aliphatic heterocycles. The van der Waals surface area contributed by atoms with Gasteiger partial charge in [-0.05, 0) is 38.9 Å². The lowest BCUT2D eigenvalue weighted by molar-refractivity contribution is -0.138. The van der Waals surface area contributed by atoms with Crippen LogP contribution in [0.25, 0.3) is 0 Å². The van der Waals surface area contributed by atoms with Crippen molar-refractivity contribution in [1.29, 1.82) is 0 Å². The van der Waals surface area contributed by atoms with Crippen LogP contribution in [0.3, 0.4) is 0 Å². The van der Waals surface area contributed by atoms with Gasteiger partial charge in [0.05, 0.1) is 16.5 Å². The average Bonchev–Trinajstić information content (AvgIpc) is 3.44. The molecule has 0 spiro atoms. The molecule has 13 nitrogen and oxygen atoms in total. The number of hydrogen-bond donors (Lipinski definition) is 6. The molecular formula is C59H57N5O8S2. The number of carboxylic acids is 1. The van der Waals surface area contributed by atoms with E-state index in [0.717, 1.165) is 33.4 Å². The third kappa shape index (κ3) is 15.4. The Morgan fingerprint density at radius 1 is 0.459 bits per heavy atom. The summed E-state index contributed by atoms with van der Waals surface area (Å²) >= 11 is 2.85. The van der Waals surface area contributed by atoms with Crippen molar-refractivity contribution in [3.05, 3.63) is 251 Å². The maximum atomic E-state index is 15.1. The Morgan fingerprint density at radius 3 is 1.36 bits per heavy atom. The van der Waals surface area contributed by atoms with Gasteiger partial charge < -0.3 is 36.4 Å². The first-order valence-corrected chi connectivity index (χ1v) is 26.0. The molecule has 5 amide bonds. The van der Waals surface area contributed by atoms with Crippen molar-refractivity contribution in [1.82, 2.24) is 26.6 Å². The predicted molar refractivity (Wildman–Crippen MR) is 290 cm³/mol. The molecule has 3 atom stereocenters. The average molecular weight is 1030 g/mol. The topological polar surface area (TPSA) is 192 Å². The quantitative estimate of drug-likeness (QED) is 0.0306. The molecule has 0 bridgehead atoms. The maximum absolute atomic E-state index is 15.1. The van der Waals surface area contributed by atoms with E-state index in [9.17, 15) is 29.1 Å². The molecule has 15 heteroatoms. The van der Waals surface area contributed by atoms with Crippen molar-refractivity contribution in [2.24, 2.45) is 0 Å². The fourth-order valence-corrected chi connectivity index (χ4v) is 11.1. The van der Waals surface area contributed by atoms with Gasteiger partial charge in [-0.25, -0.2) is 4.79 Å². The van der Waals surface area contributed by atoms with Crippen LogP contribution in [0.1, 0.15) is 44.2 Å². The van der Waals surface area contributed by atoms with Crippen LogP contribution in [-0.4, -0.2) is 83.5 Å². The summed E-state index contributed by atoms with van der Waals surface area (Å²) < 4.78 is 4.79. The summed E-state index contributed by atoms with van der Waals surface area (Å²) in [5.74, 6) is -4.09. The number of amides is 5. The SMILES string of the molecule is O=C(O)CNC(=O)[C@H](Cc1ccccc1)NC(=O)CNC(=O)[C@H](CSC(c1ccccc1)c1ccccc1)NC(=O)[C@H](CSC(c1ccccc1)(c1ccccc1)c1ccccc1)NC(=O)OCc1ccccc1. The van der Waals surface area contributed by atoms with E-state index in [-0.39, 0.29) is 29.8 Å². The Labute approximate surface area is 439 Å². The van der Waals surface area contributed by atoms with Gasteiger partial charge in [0.2, 0.25) is 23.6 Å². The van der Waals surface area contributed by atoms with Gasteiger partial charge in [0, 0.05) is 17.9 Å². The van der Waals surface area contributed by atoms with Crippen LogP contribution in [0, 0.1) is 0 Å². The number of nitrogens with one attached hydrogen (secondary N) is 5. The number of carboxylic acid groups (broad SMARTS) is 1. The molecule has 0 radical (unpaired) electrons. The summed E-state index contributed by atoms with van der Waals surface area (Å²) in [6.07, 6.45) is -0.806. The second-order valence-electron chi connectivity index (χ2n) is 17.1. The number of thioether (sulfide) groups is 2. The first kappa shape index (κ1) is 53.7. The van der Waals surface area contributed by atoms with Crippen LogP contribution >= 0.6 is 23.5 Å². The Morgan fingerprint density at radius 2 is 0.878 bits per heavy atom. The fraction of sp³-hybridized carbons (Fsp3) is 0.186. The Kier molecular flexibility index (Phi) is 20.0. The fourth-order valence-electron chi connectivity index (χ4n) is 8.24. The van der Waals surface area contributed by atoms with Crippen LogP contribution < -0.4 is 26.6 Å². The molecule has 0 aliphatic rings. The lowest BCUT2D eigenvalue weighted by Crippen LogP contribution is -2.57. The molecule has 0 aliphatic carbocycles. The highest BCUT2D eigenvalue weighted by Gasteiger charge is 2.39. The predicted octanol–water partition coefficient (Wildman–Crippen LogP) is 8.06. The number of rotatable bonds is 25. The van der Waals surface area contributed by atoms with Crippen molar-refractivity contribution in [3.8, 4) is 0 Å². The van der Waals surface area contributed by atoms with Crippen LogP contribution in [0.2, 0.25) is 0 Å². The third-order valence-electron chi connectivity index (χ3n) is 11.9. The smallest absolute Gasteiger partial charge is 0.408 e. The van der Waals surface area contributed by atoms with E-state index in [2.05, 4.69) is 26.6 Å². The Balaban J connectivity index is 1.19. The van der Waals surface area contributed by atoms with Gasteiger partial charge in [-0.3, -0.25) is 24.0 Å². The van der Waals surface area contributed by atoms with Crippen LogP contribution in [-0.2, 0) is 46.5 Å². The minimum atomic E-state index is -1.27. The number of ether oxygens (including phenoxy) is 1. The van der Waals surface area contributed by atoms with Crippen molar-refractivity contribution in [2.45, 2.75) is 41.2 Å². The zero-order valence-electron chi connectivity index (χ0n) is 40.4. The number of benzene rings is 7. The normalized spacial score (nSPS) is 12.3. The summed E-state index contributed by atoms with van der Waals surface area (Å²) in [5.41, 5.74) is 6.14. The zero-order chi connectivity index (χ0) is 52.0. The highest BCUT2D eigenvalue weighted by atomic mass is 32.2. The maximum Gasteiger partial charge on any atom is 0.408 e. The van der Waals surface area contributed by atoms with Gasteiger partial charge in [0.1, 0.15) is 31.3 Å². The van der Waals surface area contributed by atoms with E-state index >= 15 is 4.79 Å². The van der Waals surface area contributed by atoms with E-state index in [1.54, 1.807) is 30.3 Å². The largest absolute Gasteiger partial charge is 0.480 e. The first-order valence-electron chi connectivity index (χ1n) is 24.0. The van der Waals surface area contributed by atoms with Crippen molar-refractivity contribution >= 4 is 59.2 Å². The molecule has 6 N–H and O–H groups in total. The zero-order valence-corrected chi connectivity index (χ0v) is 42.0. The minimum absolute atomic E-state index is 0.00174. The molecule has 0 aromatic heterocycles. The monoisotopic (exact) mass is 1030 g/mol.